The van der Waals surface area contributed by atoms with E-state index in [1.165, 1.54) is 5.56 Å². The Morgan fingerprint density at radius 2 is 2.14 bits per heavy atom. The first-order valence-electron chi connectivity index (χ1n) is 4.66. The quantitative estimate of drug-likeness (QED) is 0.793. The highest BCUT2D eigenvalue weighted by atomic mass is 16.5. The van der Waals surface area contributed by atoms with Gasteiger partial charge in [-0.25, -0.2) is 0 Å². The summed E-state index contributed by atoms with van der Waals surface area (Å²) in [4.78, 5) is 0. The Kier molecular flexibility index (Phi) is 3.72. The van der Waals surface area contributed by atoms with E-state index in [-0.39, 0.29) is 6.61 Å². The Bertz CT molecular complexity index is 329. The molecule has 0 saturated heterocycles. The normalized spacial score (nSPS) is 9.93. The topological polar surface area (TPSA) is 29.5 Å². The third kappa shape index (κ3) is 2.36. The number of hydrogen-bond donors (Lipinski definition) is 1. The molecule has 0 saturated carbocycles. The summed E-state index contributed by atoms with van der Waals surface area (Å²) in [7, 11) is 0. The summed E-state index contributed by atoms with van der Waals surface area (Å²) in [5.74, 6) is 0.828. The average Bonchev–Trinajstić information content (AvgIpc) is 2.20. The van der Waals surface area contributed by atoms with Crippen LogP contribution in [0.4, 0.5) is 0 Å². The molecule has 0 aromatic heterocycles. The van der Waals surface area contributed by atoms with Gasteiger partial charge < -0.3 is 9.84 Å². The Morgan fingerprint density at radius 3 is 2.71 bits per heavy atom. The van der Waals surface area contributed by atoms with Crippen LogP contribution in [0.3, 0.4) is 0 Å². The molecule has 0 radical (unpaired) electrons. The lowest BCUT2D eigenvalue weighted by molar-refractivity contribution is 0.200. The molecule has 14 heavy (non-hydrogen) atoms. The zero-order chi connectivity index (χ0) is 10.6. The van der Waals surface area contributed by atoms with Crippen molar-refractivity contribution in [1.29, 1.82) is 0 Å². The van der Waals surface area contributed by atoms with E-state index in [4.69, 9.17) is 9.84 Å². The average molecular weight is 192 g/mol. The maximum absolute atomic E-state index is 8.67. The van der Waals surface area contributed by atoms with Crippen molar-refractivity contribution in [3.63, 3.8) is 0 Å². The molecule has 0 spiro atoms. The zero-order valence-corrected chi connectivity index (χ0v) is 8.71. The van der Waals surface area contributed by atoms with Crippen molar-refractivity contribution in [2.45, 2.75) is 13.8 Å². The lowest BCUT2D eigenvalue weighted by Gasteiger charge is -2.11. The molecular formula is C12H16O2. The smallest absolute Gasteiger partial charge is 0.123 e. The van der Waals surface area contributed by atoms with Crippen molar-refractivity contribution in [3.05, 3.63) is 35.4 Å². The van der Waals surface area contributed by atoms with E-state index < -0.39 is 0 Å². The standard InChI is InChI=1S/C12H16O2/c1-4-11-7-9(2)10(3)12(8-11)14-6-5-13/h4,7-8,13H,1,5-6H2,2-3H3. The van der Waals surface area contributed by atoms with Crippen molar-refractivity contribution >= 4 is 6.08 Å². The lowest BCUT2D eigenvalue weighted by Crippen LogP contribution is -2.03. The fourth-order valence-corrected chi connectivity index (χ4v) is 1.28. The molecule has 0 bridgehead atoms. The van der Waals surface area contributed by atoms with E-state index in [0.29, 0.717) is 6.61 Å². The molecule has 1 aromatic rings. The molecule has 2 heteroatoms. The maximum atomic E-state index is 8.67. The van der Waals surface area contributed by atoms with Crippen LogP contribution in [0, 0.1) is 13.8 Å². The predicted octanol–water partition coefficient (Wildman–Crippen LogP) is 2.32. The highest BCUT2D eigenvalue weighted by molar-refractivity contribution is 5.54. The first kappa shape index (κ1) is 10.8. The summed E-state index contributed by atoms with van der Waals surface area (Å²) in [5, 5.41) is 8.67. The Morgan fingerprint density at radius 1 is 1.43 bits per heavy atom. The first-order valence-corrected chi connectivity index (χ1v) is 4.66. The summed E-state index contributed by atoms with van der Waals surface area (Å²) in [6.07, 6.45) is 1.79. The highest BCUT2D eigenvalue weighted by Gasteiger charge is 2.03. The van der Waals surface area contributed by atoms with E-state index in [9.17, 15) is 0 Å². The van der Waals surface area contributed by atoms with Gasteiger partial charge in [0.1, 0.15) is 12.4 Å². The van der Waals surface area contributed by atoms with Gasteiger partial charge in [0, 0.05) is 0 Å². The van der Waals surface area contributed by atoms with Crippen molar-refractivity contribution in [2.75, 3.05) is 13.2 Å². The molecule has 0 atom stereocenters. The van der Waals surface area contributed by atoms with E-state index >= 15 is 0 Å². The number of aliphatic hydroxyl groups is 1. The largest absolute Gasteiger partial charge is 0.491 e. The van der Waals surface area contributed by atoms with E-state index in [1.807, 2.05) is 19.9 Å². The fraction of sp³-hybridized carbons (Fsp3) is 0.333. The van der Waals surface area contributed by atoms with Gasteiger partial charge >= 0.3 is 0 Å². The Balaban J connectivity index is 3.00. The van der Waals surface area contributed by atoms with Gasteiger partial charge in [0.05, 0.1) is 6.61 Å². The van der Waals surface area contributed by atoms with Crippen LogP contribution >= 0.6 is 0 Å². The zero-order valence-electron chi connectivity index (χ0n) is 8.71. The molecule has 0 unspecified atom stereocenters. The molecule has 0 fully saturated rings. The van der Waals surface area contributed by atoms with Gasteiger partial charge in [-0.15, -0.1) is 0 Å². The van der Waals surface area contributed by atoms with Crippen LogP contribution in [0.2, 0.25) is 0 Å². The summed E-state index contributed by atoms with van der Waals surface area (Å²) in [6.45, 7) is 8.14. The Hall–Kier alpha value is -1.28. The van der Waals surface area contributed by atoms with Crippen LogP contribution in [0.15, 0.2) is 18.7 Å². The van der Waals surface area contributed by atoms with Crippen LogP contribution in [0.5, 0.6) is 5.75 Å². The van der Waals surface area contributed by atoms with Crippen molar-refractivity contribution < 1.29 is 9.84 Å². The van der Waals surface area contributed by atoms with Crippen molar-refractivity contribution in [2.24, 2.45) is 0 Å². The molecular weight excluding hydrogens is 176 g/mol. The highest BCUT2D eigenvalue weighted by Crippen LogP contribution is 2.23. The summed E-state index contributed by atoms with van der Waals surface area (Å²) < 4.78 is 5.41. The second kappa shape index (κ2) is 4.82. The minimum absolute atomic E-state index is 0.0385. The van der Waals surface area contributed by atoms with Crippen LogP contribution in [-0.4, -0.2) is 18.3 Å². The minimum atomic E-state index is 0.0385. The molecule has 76 valence electrons. The van der Waals surface area contributed by atoms with Gasteiger partial charge in [-0.1, -0.05) is 18.7 Å². The van der Waals surface area contributed by atoms with Crippen molar-refractivity contribution in [3.8, 4) is 5.75 Å². The van der Waals surface area contributed by atoms with E-state index in [2.05, 4.69) is 12.6 Å². The number of rotatable bonds is 4. The molecule has 2 nitrogen and oxygen atoms in total. The van der Waals surface area contributed by atoms with Gasteiger partial charge in [-0.2, -0.15) is 0 Å². The van der Waals surface area contributed by atoms with Crippen LogP contribution in [0.25, 0.3) is 6.08 Å². The molecule has 1 aromatic carbocycles. The summed E-state index contributed by atoms with van der Waals surface area (Å²) in [5.41, 5.74) is 3.33. The van der Waals surface area contributed by atoms with Gasteiger partial charge in [-0.05, 0) is 36.6 Å². The minimum Gasteiger partial charge on any atom is -0.491 e. The third-order valence-electron chi connectivity index (χ3n) is 2.23. The maximum Gasteiger partial charge on any atom is 0.123 e. The summed E-state index contributed by atoms with van der Waals surface area (Å²) in [6, 6.07) is 4.00. The molecule has 1 rings (SSSR count). The fourth-order valence-electron chi connectivity index (χ4n) is 1.28. The third-order valence-corrected chi connectivity index (χ3v) is 2.23. The molecule has 0 heterocycles. The number of benzene rings is 1. The number of aliphatic hydroxyl groups excluding tert-OH is 1. The van der Waals surface area contributed by atoms with Crippen LogP contribution in [0.1, 0.15) is 16.7 Å². The second-order valence-corrected chi connectivity index (χ2v) is 3.24. The molecule has 0 aliphatic rings. The second-order valence-electron chi connectivity index (χ2n) is 3.24. The molecule has 0 aliphatic heterocycles. The van der Waals surface area contributed by atoms with Gasteiger partial charge in [-0.3, -0.25) is 0 Å². The number of hydrogen-bond acceptors (Lipinski definition) is 2. The SMILES string of the molecule is C=Cc1cc(C)c(C)c(OCCO)c1. The molecule has 0 aliphatic carbocycles. The van der Waals surface area contributed by atoms with Crippen LogP contribution in [-0.2, 0) is 0 Å². The monoisotopic (exact) mass is 192 g/mol. The van der Waals surface area contributed by atoms with E-state index in [1.54, 1.807) is 6.08 Å². The first-order chi connectivity index (χ1) is 6.69. The van der Waals surface area contributed by atoms with Gasteiger partial charge in [0.15, 0.2) is 0 Å². The lowest BCUT2D eigenvalue weighted by atomic mass is 10.1. The van der Waals surface area contributed by atoms with Gasteiger partial charge in [0.2, 0.25) is 0 Å². The summed E-state index contributed by atoms with van der Waals surface area (Å²) >= 11 is 0. The van der Waals surface area contributed by atoms with E-state index in [0.717, 1.165) is 16.9 Å². The Labute approximate surface area is 84.8 Å². The van der Waals surface area contributed by atoms with Crippen molar-refractivity contribution in [1.82, 2.24) is 0 Å². The predicted molar refractivity (Wildman–Crippen MR) is 58.6 cm³/mol. The van der Waals surface area contributed by atoms with Crippen LogP contribution < -0.4 is 4.74 Å². The number of aryl methyl sites for hydroxylation is 1. The molecule has 0 amide bonds. The number of ether oxygens (including phenoxy) is 1. The van der Waals surface area contributed by atoms with Gasteiger partial charge in [0.25, 0.3) is 0 Å². The molecule has 1 N–H and O–H groups in total.